The number of hydrogen-bond donors (Lipinski definition) is 3. The molecule has 0 atom stereocenters. The van der Waals surface area contributed by atoms with E-state index in [1.807, 2.05) is 0 Å². The number of alkyl halides is 2. The number of rotatable bonds is 5. The van der Waals surface area contributed by atoms with Gasteiger partial charge in [0.2, 0.25) is 0 Å². The van der Waals surface area contributed by atoms with Gasteiger partial charge in [0.05, 0.1) is 17.6 Å². The van der Waals surface area contributed by atoms with Gasteiger partial charge in [-0.2, -0.15) is 13.9 Å². The Balaban J connectivity index is 2.13. The molecule has 0 aliphatic carbocycles. The van der Waals surface area contributed by atoms with Gasteiger partial charge in [-0.25, -0.2) is 4.79 Å². The van der Waals surface area contributed by atoms with Gasteiger partial charge in [0.25, 0.3) is 0 Å². The number of aromatic carboxylic acids is 1. The number of aryl methyl sites for hydroxylation is 1. The Morgan fingerprint density at radius 3 is 2.65 bits per heavy atom. The van der Waals surface area contributed by atoms with E-state index in [0.29, 0.717) is 0 Å². The normalized spacial score (nSPS) is 10.4. The number of nitrogens with one attached hydrogen (secondary N) is 2. The first-order valence-corrected chi connectivity index (χ1v) is 6.66. The highest BCUT2D eigenvalue weighted by Crippen LogP contribution is 2.26. The number of nitrogens with zero attached hydrogens (tertiary/aromatic N) is 2. The number of carboxylic acid groups (broad SMARTS) is 1. The molecule has 0 radical (unpaired) electrons. The van der Waals surface area contributed by atoms with Gasteiger partial charge in [-0.05, 0) is 24.4 Å². The van der Waals surface area contributed by atoms with Gasteiger partial charge in [-0.1, -0.05) is 12.1 Å². The summed E-state index contributed by atoms with van der Waals surface area (Å²) in [6.07, 6.45) is 1.29. The zero-order valence-corrected chi connectivity index (χ0v) is 12.6. The van der Waals surface area contributed by atoms with E-state index in [1.54, 1.807) is 6.07 Å². The zero-order valence-electron chi connectivity index (χ0n) is 11.8. The molecule has 0 spiro atoms. The van der Waals surface area contributed by atoms with Crippen LogP contribution in [0.3, 0.4) is 0 Å². The fraction of sp³-hybridized carbons (Fsp3) is 0.154. The lowest BCUT2D eigenvalue weighted by Crippen LogP contribution is -2.21. The van der Waals surface area contributed by atoms with Crippen molar-refractivity contribution < 1.29 is 23.4 Å². The summed E-state index contributed by atoms with van der Waals surface area (Å²) >= 11 is 5.05. The molecule has 0 aliphatic rings. The van der Waals surface area contributed by atoms with Crippen LogP contribution in [0.15, 0.2) is 30.5 Å². The third-order valence-corrected chi connectivity index (χ3v) is 2.94. The van der Waals surface area contributed by atoms with Gasteiger partial charge in [0.15, 0.2) is 10.8 Å². The third-order valence-electron chi connectivity index (χ3n) is 2.74. The summed E-state index contributed by atoms with van der Waals surface area (Å²) in [6.45, 7) is -2.98. The lowest BCUT2D eigenvalue weighted by molar-refractivity contribution is -0.0493. The van der Waals surface area contributed by atoms with E-state index in [1.165, 1.54) is 36.1 Å². The minimum atomic E-state index is -2.98. The first-order chi connectivity index (χ1) is 10.9. The number of benzene rings is 1. The average molecular weight is 342 g/mol. The number of carboxylic acids is 1. The summed E-state index contributed by atoms with van der Waals surface area (Å²) in [6, 6.07) is 5.98. The van der Waals surface area contributed by atoms with Gasteiger partial charge < -0.3 is 20.5 Å². The molecule has 0 bridgehead atoms. The Morgan fingerprint density at radius 2 is 2.00 bits per heavy atom. The largest absolute Gasteiger partial charge is 0.476 e. The van der Waals surface area contributed by atoms with E-state index >= 15 is 0 Å². The number of anilines is 2. The van der Waals surface area contributed by atoms with E-state index < -0.39 is 12.6 Å². The lowest BCUT2D eigenvalue weighted by Gasteiger charge is -2.14. The molecule has 2 rings (SSSR count). The molecule has 1 aromatic heterocycles. The van der Waals surface area contributed by atoms with Crippen LogP contribution >= 0.6 is 12.2 Å². The molecule has 1 aromatic carbocycles. The zero-order chi connectivity index (χ0) is 17.0. The van der Waals surface area contributed by atoms with Crippen LogP contribution in [0.5, 0.6) is 5.75 Å². The molecular formula is C13H12F2N4O3S. The summed E-state index contributed by atoms with van der Waals surface area (Å²) < 4.78 is 30.2. The standard InChI is InChI=1S/C13H12F2N4O3S/c1-19-10(11(20)21)8(6-16-19)18-13(23)17-7-4-2-3-5-9(7)22-12(14)15/h2-6,12H,1H3,(H,20,21)(H2,17,18,23). The number of ether oxygens (including phenoxy) is 1. The van der Waals surface area contributed by atoms with Gasteiger partial charge in [0, 0.05) is 7.05 Å². The fourth-order valence-corrected chi connectivity index (χ4v) is 2.05. The third kappa shape index (κ3) is 4.13. The van der Waals surface area contributed by atoms with Crippen molar-refractivity contribution in [1.82, 2.24) is 9.78 Å². The molecule has 0 aliphatic heterocycles. The lowest BCUT2D eigenvalue weighted by atomic mass is 10.3. The fourth-order valence-electron chi connectivity index (χ4n) is 1.83. The van der Waals surface area contributed by atoms with E-state index in [2.05, 4.69) is 20.5 Å². The predicted molar refractivity (Wildman–Crippen MR) is 83.1 cm³/mol. The van der Waals surface area contributed by atoms with Crippen molar-refractivity contribution in [1.29, 1.82) is 0 Å². The molecule has 3 N–H and O–H groups in total. The van der Waals surface area contributed by atoms with E-state index in [9.17, 15) is 13.6 Å². The summed E-state index contributed by atoms with van der Waals surface area (Å²) in [5, 5.41) is 18.3. The van der Waals surface area contributed by atoms with Crippen LogP contribution in [0.2, 0.25) is 0 Å². The Labute approximate surface area is 134 Å². The molecule has 122 valence electrons. The second kappa shape index (κ2) is 7.01. The van der Waals surface area contributed by atoms with Crippen molar-refractivity contribution in [2.24, 2.45) is 7.05 Å². The molecule has 0 amide bonds. The Morgan fingerprint density at radius 1 is 1.35 bits per heavy atom. The second-order valence-corrected chi connectivity index (χ2v) is 4.70. The molecular weight excluding hydrogens is 330 g/mol. The first-order valence-electron chi connectivity index (χ1n) is 6.25. The smallest absolute Gasteiger partial charge is 0.387 e. The molecule has 10 heteroatoms. The number of aromatic nitrogens is 2. The van der Waals surface area contributed by atoms with E-state index in [4.69, 9.17) is 17.3 Å². The number of para-hydroxylation sites is 2. The number of halogens is 2. The van der Waals surface area contributed by atoms with Crippen molar-refractivity contribution in [2.75, 3.05) is 10.6 Å². The highest BCUT2D eigenvalue weighted by molar-refractivity contribution is 7.80. The van der Waals surface area contributed by atoms with Crippen molar-refractivity contribution >= 4 is 34.7 Å². The summed E-state index contributed by atoms with van der Waals surface area (Å²) in [5.41, 5.74) is 0.294. The van der Waals surface area contributed by atoms with Gasteiger partial charge >= 0.3 is 12.6 Å². The molecule has 7 nitrogen and oxygen atoms in total. The van der Waals surface area contributed by atoms with E-state index in [-0.39, 0.29) is 27.9 Å². The molecule has 0 saturated carbocycles. The second-order valence-electron chi connectivity index (χ2n) is 4.29. The molecule has 1 heterocycles. The highest BCUT2D eigenvalue weighted by Gasteiger charge is 2.17. The number of carbonyl (C=O) groups is 1. The first kappa shape index (κ1) is 16.6. The predicted octanol–water partition coefficient (Wildman–Crippen LogP) is 2.53. The Bertz CT molecular complexity index is 736. The topological polar surface area (TPSA) is 88.4 Å². The summed E-state index contributed by atoms with van der Waals surface area (Å²) in [5.74, 6) is -1.27. The van der Waals surface area contributed by atoms with E-state index in [0.717, 1.165) is 0 Å². The average Bonchev–Trinajstić information content (AvgIpc) is 2.81. The van der Waals surface area contributed by atoms with Gasteiger partial charge in [-0.3, -0.25) is 4.68 Å². The molecule has 0 fully saturated rings. The van der Waals surface area contributed by atoms with Crippen molar-refractivity contribution in [3.63, 3.8) is 0 Å². The van der Waals surface area contributed by atoms with Crippen LogP contribution in [0.1, 0.15) is 10.5 Å². The SMILES string of the molecule is Cn1ncc(NC(=S)Nc2ccccc2OC(F)F)c1C(=O)O. The maximum atomic E-state index is 12.4. The van der Waals surface area contributed by atoms with Crippen LogP contribution in [0, 0.1) is 0 Å². The maximum Gasteiger partial charge on any atom is 0.387 e. The number of thiocarbonyl (C=S) groups is 1. The minimum absolute atomic E-state index is 0.00539. The van der Waals surface area contributed by atoms with Gasteiger partial charge in [0.1, 0.15) is 5.75 Å². The quantitative estimate of drug-likeness (QED) is 0.720. The van der Waals surface area contributed by atoms with Crippen LogP contribution in [0.4, 0.5) is 20.2 Å². The van der Waals surface area contributed by atoms with Crippen molar-refractivity contribution in [2.45, 2.75) is 6.61 Å². The Kier molecular flexibility index (Phi) is 5.06. The minimum Gasteiger partial charge on any atom is -0.476 e. The van der Waals surface area contributed by atoms with Crippen LogP contribution < -0.4 is 15.4 Å². The maximum absolute atomic E-state index is 12.4. The number of hydrogen-bond acceptors (Lipinski definition) is 4. The molecule has 0 saturated heterocycles. The molecule has 23 heavy (non-hydrogen) atoms. The summed E-state index contributed by atoms with van der Waals surface area (Å²) in [4.78, 5) is 11.2. The molecule has 2 aromatic rings. The van der Waals surface area contributed by atoms with Gasteiger partial charge in [-0.15, -0.1) is 0 Å². The van der Waals surface area contributed by atoms with Crippen molar-refractivity contribution in [3.05, 3.63) is 36.2 Å². The monoisotopic (exact) mass is 342 g/mol. The van der Waals surface area contributed by atoms with Crippen LogP contribution in [0.25, 0.3) is 0 Å². The van der Waals surface area contributed by atoms with Crippen LogP contribution in [-0.4, -0.2) is 32.6 Å². The van der Waals surface area contributed by atoms with Crippen LogP contribution in [-0.2, 0) is 7.05 Å². The molecule has 0 unspecified atom stereocenters. The summed E-state index contributed by atoms with van der Waals surface area (Å²) in [7, 11) is 1.47. The Hall–Kier alpha value is -2.75. The highest BCUT2D eigenvalue weighted by atomic mass is 32.1. The van der Waals surface area contributed by atoms with Crippen molar-refractivity contribution in [3.8, 4) is 5.75 Å².